The summed E-state index contributed by atoms with van der Waals surface area (Å²) in [4.78, 5) is 24.4. The van der Waals surface area contributed by atoms with E-state index in [0.717, 1.165) is 11.1 Å². The topological polar surface area (TPSA) is 43.4 Å². The summed E-state index contributed by atoms with van der Waals surface area (Å²) in [6.45, 7) is 2.07. The molecule has 0 amide bonds. The molecule has 0 aliphatic carbocycles. The summed E-state index contributed by atoms with van der Waals surface area (Å²) < 4.78 is 5.34. The van der Waals surface area contributed by atoms with Crippen LogP contribution < -0.4 is 0 Å². The van der Waals surface area contributed by atoms with Gasteiger partial charge < -0.3 is 4.74 Å². The fourth-order valence-corrected chi connectivity index (χ4v) is 2.44. The Morgan fingerprint density at radius 3 is 2.04 bits per heavy atom. The lowest BCUT2D eigenvalue weighted by Gasteiger charge is -2.14. The molecule has 0 saturated carbocycles. The largest absolute Gasteiger partial charge is 0.465 e. The zero-order valence-corrected chi connectivity index (χ0v) is 13.4. The number of Topliss-reactive ketones (excluding diaryl/α,β-unsaturated/α-hetero) is 1. The van der Waals surface area contributed by atoms with E-state index >= 15 is 0 Å². The van der Waals surface area contributed by atoms with Crippen molar-refractivity contribution in [3.63, 3.8) is 0 Å². The SMILES string of the molecule is CCC(=O)C(Cc1ccccc1)C(=O)OCCc1ccccc1. The van der Waals surface area contributed by atoms with E-state index in [4.69, 9.17) is 4.74 Å². The van der Waals surface area contributed by atoms with Gasteiger partial charge in [0.25, 0.3) is 0 Å². The first-order chi connectivity index (χ1) is 11.2. The second kappa shape index (κ2) is 8.89. The Labute approximate surface area is 137 Å². The predicted molar refractivity (Wildman–Crippen MR) is 90.0 cm³/mol. The van der Waals surface area contributed by atoms with Crippen molar-refractivity contribution in [2.45, 2.75) is 26.2 Å². The summed E-state index contributed by atoms with van der Waals surface area (Å²) in [7, 11) is 0. The number of hydrogen-bond acceptors (Lipinski definition) is 3. The van der Waals surface area contributed by atoms with Gasteiger partial charge in [0.15, 0.2) is 0 Å². The predicted octanol–water partition coefficient (Wildman–Crippen LogP) is 3.61. The standard InChI is InChI=1S/C20H22O3/c1-2-19(21)18(15-17-11-7-4-8-12-17)20(22)23-14-13-16-9-5-3-6-10-16/h3-12,18H,2,13-15H2,1H3. The summed E-state index contributed by atoms with van der Waals surface area (Å²) in [5.74, 6) is -1.20. The first-order valence-electron chi connectivity index (χ1n) is 7.98. The third-order valence-electron chi connectivity index (χ3n) is 3.78. The molecule has 23 heavy (non-hydrogen) atoms. The van der Waals surface area contributed by atoms with E-state index < -0.39 is 11.9 Å². The minimum absolute atomic E-state index is 0.0708. The van der Waals surface area contributed by atoms with E-state index in [9.17, 15) is 9.59 Å². The molecule has 0 aliphatic rings. The number of benzene rings is 2. The van der Waals surface area contributed by atoms with Crippen LogP contribution in [0.2, 0.25) is 0 Å². The monoisotopic (exact) mass is 310 g/mol. The van der Waals surface area contributed by atoms with Gasteiger partial charge in [-0.05, 0) is 17.5 Å². The van der Waals surface area contributed by atoms with Crippen molar-refractivity contribution in [3.8, 4) is 0 Å². The van der Waals surface area contributed by atoms with Crippen molar-refractivity contribution in [2.24, 2.45) is 5.92 Å². The third-order valence-corrected chi connectivity index (χ3v) is 3.78. The van der Waals surface area contributed by atoms with Crippen molar-refractivity contribution >= 4 is 11.8 Å². The van der Waals surface area contributed by atoms with Gasteiger partial charge in [0, 0.05) is 12.8 Å². The van der Waals surface area contributed by atoms with Crippen LogP contribution in [0.25, 0.3) is 0 Å². The molecule has 0 heterocycles. The van der Waals surface area contributed by atoms with Crippen LogP contribution in [0.3, 0.4) is 0 Å². The molecule has 0 N–H and O–H groups in total. The highest BCUT2D eigenvalue weighted by molar-refractivity contribution is 5.99. The van der Waals surface area contributed by atoms with Gasteiger partial charge in [0.2, 0.25) is 0 Å². The van der Waals surface area contributed by atoms with Crippen LogP contribution in [0.1, 0.15) is 24.5 Å². The van der Waals surface area contributed by atoms with E-state index in [2.05, 4.69) is 0 Å². The zero-order valence-electron chi connectivity index (χ0n) is 13.4. The fourth-order valence-electron chi connectivity index (χ4n) is 2.44. The molecule has 1 atom stereocenters. The minimum atomic E-state index is -0.710. The minimum Gasteiger partial charge on any atom is -0.465 e. The van der Waals surface area contributed by atoms with Crippen molar-refractivity contribution in [1.29, 1.82) is 0 Å². The van der Waals surface area contributed by atoms with Crippen LogP contribution >= 0.6 is 0 Å². The number of ketones is 1. The molecule has 0 spiro atoms. The van der Waals surface area contributed by atoms with Gasteiger partial charge in [0.05, 0.1) is 6.61 Å². The van der Waals surface area contributed by atoms with E-state index in [1.807, 2.05) is 60.7 Å². The number of carbonyl (C=O) groups is 2. The number of ether oxygens (including phenoxy) is 1. The number of carbonyl (C=O) groups excluding carboxylic acids is 2. The molecule has 0 fully saturated rings. The normalized spacial score (nSPS) is 11.7. The van der Waals surface area contributed by atoms with Crippen molar-refractivity contribution in [3.05, 3.63) is 71.8 Å². The Hall–Kier alpha value is -2.42. The van der Waals surface area contributed by atoms with Crippen molar-refractivity contribution in [2.75, 3.05) is 6.61 Å². The highest BCUT2D eigenvalue weighted by Gasteiger charge is 2.26. The number of hydrogen-bond donors (Lipinski definition) is 0. The molecule has 120 valence electrons. The maximum Gasteiger partial charge on any atom is 0.316 e. The van der Waals surface area contributed by atoms with E-state index in [0.29, 0.717) is 25.9 Å². The van der Waals surface area contributed by atoms with Gasteiger partial charge >= 0.3 is 5.97 Å². The van der Waals surface area contributed by atoms with Crippen molar-refractivity contribution in [1.82, 2.24) is 0 Å². The average Bonchev–Trinajstić information content (AvgIpc) is 2.60. The average molecular weight is 310 g/mol. The van der Waals surface area contributed by atoms with Crippen LogP contribution in [0, 0.1) is 5.92 Å². The molecule has 3 nitrogen and oxygen atoms in total. The molecule has 0 bridgehead atoms. The number of esters is 1. The van der Waals surface area contributed by atoms with Crippen LogP contribution in [-0.2, 0) is 27.2 Å². The number of rotatable bonds is 8. The molecule has 2 aromatic rings. The molecular weight excluding hydrogens is 288 g/mol. The van der Waals surface area contributed by atoms with Crippen LogP contribution in [0.5, 0.6) is 0 Å². The molecule has 2 aromatic carbocycles. The van der Waals surface area contributed by atoms with Gasteiger partial charge in [-0.2, -0.15) is 0 Å². The maximum atomic E-state index is 12.3. The summed E-state index contributed by atoms with van der Waals surface area (Å²) in [6.07, 6.45) is 1.40. The van der Waals surface area contributed by atoms with Crippen LogP contribution in [0.15, 0.2) is 60.7 Å². The molecule has 0 aromatic heterocycles. The highest BCUT2D eigenvalue weighted by atomic mass is 16.5. The lowest BCUT2D eigenvalue weighted by Crippen LogP contribution is -2.28. The summed E-state index contributed by atoms with van der Waals surface area (Å²) in [6, 6.07) is 19.4. The Morgan fingerprint density at radius 1 is 0.913 bits per heavy atom. The Balaban J connectivity index is 1.92. The quantitative estimate of drug-likeness (QED) is 0.552. The molecular formula is C20H22O3. The smallest absolute Gasteiger partial charge is 0.316 e. The van der Waals surface area contributed by atoms with Crippen molar-refractivity contribution < 1.29 is 14.3 Å². The van der Waals surface area contributed by atoms with Gasteiger partial charge in [-0.15, -0.1) is 0 Å². The van der Waals surface area contributed by atoms with Gasteiger partial charge in [0.1, 0.15) is 11.7 Å². The van der Waals surface area contributed by atoms with Crippen LogP contribution in [-0.4, -0.2) is 18.4 Å². The summed E-state index contributed by atoms with van der Waals surface area (Å²) in [5.41, 5.74) is 2.08. The van der Waals surface area contributed by atoms with E-state index in [1.54, 1.807) is 6.92 Å². The lowest BCUT2D eigenvalue weighted by molar-refractivity contribution is -0.151. The first kappa shape index (κ1) is 16.9. The molecule has 3 heteroatoms. The molecule has 2 rings (SSSR count). The second-order valence-electron chi connectivity index (χ2n) is 5.47. The van der Waals surface area contributed by atoms with Crippen LogP contribution in [0.4, 0.5) is 0 Å². The Kier molecular flexibility index (Phi) is 6.55. The fraction of sp³-hybridized carbons (Fsp3) is 0.300. The molecule has 0 radical (unpaired) electrons. The Bertz CT molecular complexity index is 620. The Morgan fingerprint density at radius 2 is 1.48 bits per heavy atom. The van der Waals surface area contributed by atoms with Gasteiger partial charge in [-0.3, -0.25) is 9.59 Å². The molecule has 1 unspecified atom stereocenters. The molecule has 0 aliphatic heterocycles. The van der Waals surface area contributed by atoms with Gasteiger partial charge in [-0.1, -0.05) is 67.6 Å². The second-order valence-corrected chi connectivity index (χ2v) is 5.47. The third kappa shape index (κ3) is 5.37. The summed E-state index contributed by atoms with van der Waals surface area (Å²) in [5, 5.41) is 0. The summed E-state index contributed by atoms with van der Waals surface area (Å²) >= 11 is 0. The van der Waals surface area contributed by atoms with E-state index in [1.165, 1.54) is 0 Å². The maximum absolute atomic E-state index is 12.3. The first-order valence-corrected chi connectivity index (χ1v) is 7.98. The molecule has 0 saturated heterocycles. The van der Waals surface area contributed by atoms with E-state index in [-0.39, 0.29) is 5.78 Å². The lowest BCUT2D eigenvalue weighted by atomic mass is 9.94. The highest BCUT2D eigenvalue weighted by Crippen LogP contribution is 2.14. The van der Waals surface area contributed by atoms with Gasteiger partial charge in [-0.25, -0.2) is 0 Å². The zero-order chi connectivity index (χ0) is 16.5.